The fourth-order valence-electron chi connectivity index (χ4n) is 2.77. The van der Waals surface area contributed by atoms with Crippen molar-refractivity contribution in [1.29, 1.82) is 0 Å². The van der Waals surface area contributed by atoms with Gasteiger partial charge in [0.15, 0.2) is 0 Å². The molecule has 168 valence electrons. The summed E-state index contributed by atoms with van der Waals surface area (Å²) in [5, 5.41) is 11.5. The highest BCUT2D eigenvalue weighted by atomic mass is 35.5. The number of nitrogens with zero attached hydrogens (tertiary/aromatic N) is 2. The van der Waals surface area contributed by atoms with Crippen LogP contribution in [0.3, 0.4) is 0 Å². The fourth-order valence-corrected chi connectivity index (χ4v) is 2.99. The molecule has 0 radical (unpaired) electrons. The number of halogens is 2. The topological polar surface area (TPSA) is 120 Å². The molecule has 2 N–H and O–H groups in total. The highest BCUT2D eigenvalue weighted by Gasteiger charge is 2.19. The van der Waals surface area contributed by atoms with E-state index in [1.165, 1.54) is 12.1 Å². The number of ether oxygens (including phenoxy) is 1. The van der Waals surface area contributed by atoms with Crippen LogP contribution in [0.5, 0.6) is 0 Å². The van der Waals surface area contributed by atoms with E-state index >= 15 is 0 Å². The first-order valence-electron chi connectivity index (χ1n) is 9.33. The van der Waals surface area contributed by atoms with Crippen LogP contribution in [0.2, 0.25) is 5.02 Å². The minimum Gasteiger partial charge on any atom is -0.480 e. The van der Waals surface area contributed by atoms with Crippen molar-refractivity contribution in [3.05, 3.63) is 56.1 Å². The zero-order valence-electron chi connectivity index (χ0n) is 17.3. The summed E-state index contributed by atoms with van der Waals surface area (Å²) in [5.41, 5.74) is -2.38. The molecule has 0 saturated carbocycles. The highest BCUT2D eigenvalue weighted by Crippen LogP contribution is 2.27. The van der Waals surface area contributed by atoms with Crippen LogP contribution in [-0.4, -0.2) is 44.9 Å². The molecule has 0 fully saturated rings. The molecular formula is C20H23ClFN3O6. The quantitative estimate of drug-likeness (QED) is 0.457. The summed E-state index contributed by atoms with van der Waals surface area (Å²) in [7, 11) is 0. The smallest absolute Gasteiger partial charge is 0.331 e. The van der Waals surface area contributed by atoms with Gasteiger partial charge in [-0.3, -0.25) is 23.5 Å². The lowest BCUT2D eigenvalue weighted by atomic mass is 10.1. The number of hydrogen-bond donors (Lipinski definition) is 2. The van der Waals surface area contributed by atoms with Gasteiger partial charge in [-0.25, -0.2) is 9.18 Å². The SMILES string of the molecule is CC(C)(C)OC(=O)CNCCn1c(=O)c(-c2cccc(F)c2Cl)cn(CC(=O)O)c1=O. The lowest BCUT2D eigenvalue weighted by Crippen LogP contribution is -2.43. The number of hydrogen-bond acceptors (Lipinski definition) is 6. The van der Waals surface area contributed by atoms with Crippen LogP contribution in [0.15, 0.2) is 34.0 Å². The molecule has 0 aliphatic rings. The number of benzene rings is 1. The van der Waals surface area contributed by atoms with Gasteiger partial charge in [0.1, 0.15) is 18.0 Å². The molecule has 0 aliphatic heterocycles. The molecule has 1 aromatic carbocycles. The van der Waals surface area contributed by atoms with Gasteiger partial charge in [0, 0.05) is 24.8 Å². The second-order valence-corrected chi connectivity index (χ2v) is 8.05. The minimum absolute atomic E-state index is 0.0290. The maximum atomic E-state index is 13.9. The molecule has 0 atom stereocenters. The van der Waals surface area contributed by atoms with E-state index in [-0.39, 0.29) is 35.8 Å². The van der Waals surface area contributed by atoms with Crippen LogP contribution < -0.4 is 16.6 Å². The minimum atomic E-state index is -1.30. The fraction of sp³-hybridized carbons (Fsp3) is 0.400. The highest BCUT2D eigenvalue weighted by molar-refractivity contribution is 6.33. The molecule has 2 rings (SSSR count). The van der Waals surface area contributed by atoms with E-state index in [1.54, 1.807) is 20.8 Å². The summed E-state index contributed by atoms with van der Waals surface area (Å²) >= 11 is 5.97. The van der Waals surface area contributed by atoms with Crippen LogP contribution in [-0.2, 0) is 27.4 Å². The Morgan fingerprint density at radius 1 is 1.23 bits per heavy atom. The number of nitrogens with one attached hydrogen (secondary N) is 1. The third kappa shape index (κ3) is 6.50. The maximum absolute atomic E-state index is 13.9. The van der Waals surface area contributed by atoms with Crippen molar-refractivity contribution in [2.24, 2.45) is 0 Å². The molecule has 0 aliphatic carbocycles. The van der Waals surface area contributed by atoms with Gasteiger partial charge < -0.3 is 15.2 Å². The summed E-state index contributed by atoms with van der Waals surface area (Å²) in [6, 6.07) is 3.84. The number of aliphatic carboxylic acids is 1. The van der Waals surface area contributed by atoms with Gasteiger partial charge >= 0.3 is 17.6 Å². The Morgan fingerprint density at radius 2 is 1.90 bits per heavy atom. The van der Waals surface area contributed by atoms with Gasteiger partial charge in [-0.2, -0.15) is 0 Å². The number of aromatic nitrogens is 2. The van der Waals surface area contributed by atoms with Crippen LogP contribution >= 0.6 is 11.6 Å². The molecule has 31 heavy (non-hydrogen) atoms. The molecule has 9 nitrogen and oxygen atoms in total. The first kappa shape index (κ1) is 24.3. The predicted octanol–water partition coefficient (Wildman–Crippen LogP) is 1.49. The van der Waals surface area contributed by atoms with Crippen molar-refractivity contribution in [2.45, 2.75) is 39.5 Å². The third-order valence-electron chi connectivity index (χ3n) is 3.99. The molecule has 0 bridgehead atoms. The van der Waals surface area contributed by atoms with E-state index in [0.717, 1.165) is 21.4 Å². The first-order chi connectivity index (χ1) is 14.4. The molecule has 0 amide bonds. The van der Waals surface area contributed by atoms with Crippen molar-refractivity contribution in [3.63, 3.8) is 0 Å². The van der Waals surface area contributed by atoms with E-state index < -0.39 is 41.2 Å². The standard InChI is InChI=1S/C20H23ClFN3O6/c1-20(2,3)31-16(28)9-23-7-8-25-18(29)13(10-24(19(25)30)11-15(26)27)12-5-4-6-14(22)17(12)21/h4-6,10,23H,7-9,11H2,1-3H3,(H,26,27). The Balaban J connectivity index is 2.35. The zero-order chi connectivity index (χ0) is 23.3. The first-order valence-corrected chi connectivity index (χ1v) is 9.71. The van der Waals surface area contributed by atoms with Crippen molar-refractivity contribution in [2.75, 3.05) is 13.1 Å². The lowest BCUT2D eigenvalue weighted by Gasteiger charge is -2.19. The average molecular weight is 456 g/mol. The summed E-state index contributed by atoms with van der Waals surface area (Å²) < 4.78 is 20.7. The van der Waals surface area contributed by atoms with Gasteiger partial charge in [-0.1, -0.05) is 23.7 Å². The Hall–Kier alpha value is -2.98. The molecular weight excluding hydrogens is 433 g/mol. The maximum Gasteiger partial charge on any atom is 0.331 e. The largest absolute Gasteiger partial charge is 0.480 e. The van der Waals surface area contributed by atoms with Gasteiger partial charge in [-0.15, -0.1) is 0 Å². The van der Waals surface area contributed by atoms with E-state index in [2.05, 4.69) is 5.32 Å². The number of carbonyl (C=O) groups excluding carboxylic acids is 1. The Bertz CT molecular complexity index is 1100. The Kier molecular flexibility index (Phi) is 7.75. The molecule has 11 heteroatoms. The summed E-state index contributed by atoms with van der Waals surface area (Å²) in [4.78, 5) is 48.4. The van der Waals surface area contributed by atoms with Crippen molar-refractivity contribution in [1.82, 2.24) is 14.5 Å². The normalized spacial score (nSPS) is 11.4. The summed E-state index contributed by atoms with van der Waals surface area (Å²) in [5.74, 6) is -2.57. The number of carbonyl (C=O) groups is 2. The van der Waals surface area contributed by atoms with Crippen molar-refractivity contribution >= 4 is 23.5 Å². The lowest BCUT2D eigenvalue weighted by molar-refractivity contribution is -0.153. The number of carboxylic acid groups (broad SMARTS) is 1. The molecule has 0 unspecified atom stereocenters. The number of esters is 1. The van der Waals surface area contributed by atoms with E-state index in [1.807, 2.05) is 0 Å². The van der Waals surface area contributed by atoms with Crippen LogP contribution in [0.1, 0.15) is 20.8 Å². The van der Waals surface area contributed by atoms with Crippen molar-refractivity contribution in [3.8, 4) is 11.1 Å². The van der Waals surface area contributed by atoms with Gasteiger partial charge in [-0.05, 0) is 26.8 Å². The summed E-state index contributed by atoms with van der Waals surface area (Å²) in [6.07, 6.45) is 1.05. The number of carboxylic acids is 1. The predicted molar refractivity (Wildman–Crippen MR) is 112 cm³/mol. The third-order valence-corrected chi connectivity index (χ3v) is 4.37. The second kappa shape index (κ2) is 9.88. The van der Waals surface area contributed by atoms with Crippen LogP contribution in [0, 0.1) is 5.82 Å². The van der Waals surface area contributed by atoms with E-state index in [4.69, 9.17) is 21.4 Å². The van der Waals surface area contributed by atoms with E-state index in [0.29, 0.717) is 0 Å². The Labute approximate surface area is 182 Å². The van der Waals surface area contributed by atoms with Gasteiger partial charge in [0.25, 0.3) is 5.56 Å². The Morgan fingerprint density at radius 3 is 2.52 bits per heavy atom. The zero-order valence-corrected chi connectivity index (χ0v) is 18.0. The summed E-state index contributed by atoms with van der Waals surface area (Å²) in [6.45, 7) is 4.19. The molecule has 0 saturated heterocycles. The molecule has 1 heterocycles. The molecule has 1 aromatic heterocycles. The van der Waals surface area contributed by atoms with Gasteiger partial charge in [0.05, 0.1) is 17.1 Å². The van der Waals surface area contributed by atoms with Crippen LogP contribution in [0.25, 0.3) is 11.1 Å². The second-order valence-electron chi connectivity index (χ2n) is 7.67. The number of rotatable bonds is 8. The average Bonchev–Trinajstić information content (AvgIpc) is 2.64. The van der Waals surface area contributed by atoms with Gasteiger partial charge in [0.2, 0.25) is 0 Å². The monoisotopic (exact) mass is 455 g/mol. The van der Waals surface area contributed by atoms with Crippen LogP contribution in [0.4, 0.5) is 4.39 Å². The van der Waals surface area contributed by atoms with Crippen molar-refractivity contribution < 1.29 is 23.8 Å². The molecule has 2 aromatic rings. The van der Waals surface area contributed by atoms with E-state index in [9.17, 15) is 23.6 Å². The molecule has 0 spiro atoms.